The molecule has 0 unspecified atom stereocenters. The summed E-state index contributed by atoms with van der Waals surface area (Å²) in [5, 5.41) is 9.95. The minimum atomic E-state index is -0.793. The van der Waals surface area contributed by atoms with Crippen molar-refractivity contribution in [3.05, 3.63) is 63.6 Å². The van der Waals surface area contributed by atoms with E-state index in [9.17, 15) is 9.59 Å². The second kappa shape index (κ2) is 10.6. The van der Waals surface area contributed by atoms with E-state index in [1.54, 1.807) is 22.7 Å². The number of nitrogens with zero attached hydrogens (tertiary/aromatic N) is 1. The molecule has 31 heavy (non-hydrogen) atoms. The molecule has 0 saturated carbocycles. The molecule has 3 rings (SSSR count). The predicted molar refractivity (Wildman–Crippen MR) is 127 cm³/mol. The van der Waals surface area contributed by atoms with Crippen molar-refractivity contribution in [1.29, 1.82) is 0 Å². The lowest BCUT2D eigenvalue weighted by atomic mass is 9.97. The van der Waals surface area contributed by atoms with Gasteiger partial charge in [-0.1, -0.05) is 73.1 Å². The summed E-state index contributed by atoms with van der Waals surface area (Å²) < 4.78 is 0. The molecule has 0 radical (unpaired) electrons. The van der Waals surface area contributed by atoms with Crippen molar-refractivity contribution < 1.29 is 14.7 Å². The number of carbonyl (C=O) groups is 2. The Labute approximate surface area is 197 Å². The number of hydrogen-bond donors (Lipinski definition) is 1. The summed E-state index contributed by atoms with van der Waals surface area (Å²) >= 11 is 14.6. The summed E-state index contributed by atoms with van der Waals surface area (Å²) in [4.78, 5) is 27.2. The van der Waals surface area contributed by atoms with Gasteiger partial charge in [0.05, 0.1) is 16.0 Å². The van der Waals surface area contributed by atoms with Gasteiger partial charge in [0.2, 0.25) is 5.91 Å². The van der Waals surface area contributed by atoms with Crippen LogP contribution >= 0.6 is 35.0 Å². The number of piperidine rings is 1. The molecule has 1 fully saturated rings. The normalized spacial score (nSPS) is 15.1. The number of carboxylic acid groups (broad SMARTS) is 1. The molecule has 0 bridgehead atoms. The fourth-order valence-corrected chi connectivity index (χ4v) is 5.24. The van der Waals surface area contributed by atoms with Crippen LogP contribution in [-0.4, -0.2) is 35.0 Å². The van der Waals surface area contributed by atoms with Crippen LogP contribution in [0.15, 0.2) is 52.3 Å². The smallest absolute Gasteiger partial charge is 0.306 e. The van der Waals surface area contributed by atoms with E-state index < -0.39 is 5.97 Å². The highest BCUT2D eigenvalue weighted by Crippen LogP contribution is 2.41. The number of rotatable bonds is 6. The number of likely N-dealkylation sites (tertiary alicyclic amines) is 1. The molecule has 1 aliphatic heterocycles. The maximum Gasteiger partial charge on any atom is 0.306 e. The Kier molecular flexibility index (Phi) is 8.09. The Morgan fingerprint density at radius 2 is 1.74 bits per heavy atom. The zero-order valence-electron chi connectivity index (χ0n) is 17.5. The molecule has 0 spiro atoms. The van der Waals surface area contributed by atoms with Gasteiger partial charge in [-0.15, -0.1) is 0 Å². The van der Waals surface area contributed by atoms with E-state index in [1.807, 2.05) is 24.3 Å². The van der Waals surface area contributed by atoms with Crippen molar-refractivity contribution in [1.82, 2.24) is 4.90 Å². The van der Waals surface area contributed by atoms with Gasteiger partial charge in [-0.25, -0.2) is 0 Å². The Hall–Kier alpha value is -1.95. The molecule has 1 heterocycles. The van der Waals surface area contributed by atoms with Gasteiger partial charge >= 0.3 is 5.97 Å². The van der Waals surface area contributed by atoms with Crippen LogP contribution < -0.4 is 0 Å². The van der Waals surface area contributed by atoms with Crippen LogP contribution in [0.3, 0.4) is 0 Å². The Bertz CT molecular complexity index is 998. The highest BCUT2D eigenvalue weighted by Gasteiger charge is 2.26. The summed E-state index contributed by atoms with van der Waals surface area (Å²) in [6.07, 6.45) is 4.09. The lowest BCUT2D eigenvalue weighted by molar-refractivity contribution is -0.144. The standard InChI is InChI=1S/C24H25Cl2NO3S/c1-15(2)18-5-3-4-6-19(18)31-20-9-7-16(22(25)23(20)26)8-10-21(28)27-13-11-17(12-14-27)24(29)30/h3-10,15,17H,11-14H2,1-2H3,(H,29,30)/b10-8+. The summed E-state index contributed by atoms with van der Waals surface area (Å²) in [6.45, 7) is 5.20. The highest BCUT2D eigenvalue weighted by molar-refractivity contribution is 7.99. The van der Waals surface area contributed by atoms with Crippen LogP contribution in [0, 0.1) is 5.92 Å². The minimum Gasteiger partial charge on any atom is -0.481 e. The first-order valence-electron chi connectivity index (χ1n) is 10.2. The predicted octanol–water partition coefficient (Wildman–Crippen LogP) is 6.60. The molecular formula is C24H25Cl2NO3S. The van der Waals surface area contributed by atoms with Crippen LogP contribution in [0.2, 0.25) is 10.0 Å². The maximum absolute atomic E-state index is 12.5. The average molecular weight is 478 g/mol. The lowest BCUT2D eigenvalue weighted by Crippen LogP contribution is -2.39. The van der Waals surface area contributed by atoms with Crippen LogP contribution in [0.1, 0.15) is 43.7 Å². The van der Waals surface area contributed by atoms with Crippen LogP contribution in [-0.2, 0) is 9.59 Å². The summed E-state index contributed by atoms with van der Waals surface area (Å²) in [5.74, 6) is -0.919. The van der Waals surface area contributed by atoms with Gasteiger partial charge in [-0.3, -0.25) is 9.59 Å². The summed E-state index contributed by atoms with van der Waals surface area (Å²) in [5.41, 5.74) is 1.92. The number of carbonyl (C=O) groups excluding carboxylic acids is 1. The van der Waals surface area contributed by atoms with E-state index in [1.165, 1.54) is 11.6 Å². The Balaban J connectivity index is 1.71. The number of amides is 1. The quantitative estimate of drug-likeness (QED) is 0.475. The van der Waals surface area contributed by atoms with Gasteiger partial charge in [0.1, 0.15) is 0 Å². The van der Waals surface area contributed by atoms with Gasteiger partial charge in [-0.2, -0.15) is 0 Å². The van der Waals surface area contributed by atoms with Crippen molar-refractivity contribution in [3.8, 4) is 0 Å². The van der Waals surface area contributed by atoms with Crippen molar-refractivity contribution >= 4 is 52.9 Å². The number of benzene rings is 2. The Morgan fingerprint density at radius 3 is 2.39 bits per heavy atom. The number of halogens is 2. The van der Waals surface area contributed by atoms with Gasteiger partial charge in [0.15, 0.2) is 0 Å². The third kappa shape index (κ3) is 5.85. The van der Waals surface area contributed by atoms with Crippen molar-refractivity contribution in [2.75, 3.05) is 13.1 Å². The van der Waals surface area contributed by atoms with Crippen LogP contribution in [0.25, 0.3) is 6.08 Å². The third-order valence-corrected chi connectivity index (χ3v) is 7.56. The summed E-state index contributed by atoms with van der Waals surface area (Å²) in [7, 11) is 0. The van der Waals surface area contributed by atoms with Crippen molar-refractivity contribution in [3.63, 3.8) is 0 Å². The van der Waals surface area contributed by atoms with E-state index in [2.05, 4.69) is 26.0 Å². The van der Waals surface area contributed by atoms with Crippen molar-refractivity contribution in [2.45, 2.75) is 42.4 Å². The molecule has 1 aliphatic rings. The molecular weight excluding hydrogens is 453 g/mol. The summed E-state index contributed by atoms with van der Waals surface area (Å²) in [6, 6.07) is 12.0. The lowest BCUT2D eigenvalue weighted by Gasteiger charge is -2.29. The van der Waals surface area contributed by atoms with Crippen molar-refractivity contribution in [2.24, 2.45) is 5.92 Å². The second-order valence-electron chi connectivity index (χ2n) is 7.85. The first-order chi connectivity index (χ1) is 14.8. The number of aliphatic carboxylic acids is 1. The molecule has 0 aromatic heterocycles. The molecule has 4 nitrogen and oxygen atoms in total. The van der Waals surface area contributed by atoms with Gasteiger partial charge in [-0.05, 0) is 48.1 Å². The topological polar surface area (TPSA) is 57.6 Å². The van der Waals surface area contributed by atoms with E-state index in [4.69, 9.17) is 28.3 Å². The first-order valence-corrected chi connectivity index (χ1v) is 11.8. The van der Waals surface area contributed by atoms with E-state index in [-0.39, 0.29) is 11.8 Å². The van der Waals surface area contributed by atoms with Gasteiger partial charge < -0.3 is 10.0 Å². The minimum absolute atomic E-state index is 0.152. The number of carboxylic acids is 1. The zero-order chi connectivity index (χ0) is 22.5. The van der Waals surface area contributed by atoms with E-state index in [0.29, 0.717) is 47.5 Å². The molecule has 1 saturated heterocycles. The van der Waals surface area contributed by atoms with E-state index >= 15 is 0 Å². The fraction of sp³-hybridized carbons (Fsp3) is 0.333. The molecule has 2 aromatic rings. The van der Waals surface area contributed by atoms with E-state index in [0.717, 1.165) is 9.79 Å². The average Bonchev–Trinajstić information content (AvgIpc) is 2.76. The third-order valence-electron chi connectivity index (χ3n) is 5.40. The second-order valence-corrected chi connectivity index (χ2v) is 9.69. The van der Waals surface area contributed by atoms with Gasteiger partial charge in [0, 0.05) is 29.0 Å². The molecule has 164 valence electrons. The molecule has 2 aromatic carbocycles. The molecule has 0 aliphatic carbocycles. The largest absolute Gasteiger partial charge is 0.481 e. The van der Waals surface area contributed by atoms with Crippen LogP contribution in [0.5, 0.6) is 0 Å². The molecule has 1 amide bonds. The fourth-order valence-electron chi connectivity index (χ4n) is 3.54. The number of hydrogen-bond acceptors (Lipinski definition) is 3. The van der Waals surface area contributed by atoms with Crippen LogP contribution in [0.4, 0.5) is 0 Å². The highest BCUT2D eigenvalue weighted by atomic mass is 35.5. The molecule has 7 heteroatoms. The maximum atomic E-state index is 12.5. The zero-order valence-corrected chi connectivity index (χ0v) is 19.8. The molecule has 0 atom stereocenters. The monoisotopic (exact) mass is 477 g/mol. The molecule has 1 N–H and O–H groups in total. The SMILES string of the molecule is CC(C)c1ccccc1Sc1ccc(/C=C/C(=O)N2CCC(C(=O)O)CC2)c(Cl)c1Cl. The van der Waals surface area contributed by atoms with Gasteiger partial charge in [0.25, 0.3) is 0 Å². The Morgan fingerprint density at radius 1 is 1.06 bits per heavy atom. The first kappa shape index (κ1) is 23.7.